The van der Waals surface area contributed by atoms with E-state index in [0.29, 0.717) is 25.9 Å². The van der Waals surface area contributed by atoms with Gasteiger partial charge >= 0.3 is 0 Å². The molecular formula is C24H30ClFN2O2. The zero-order valence-corrected chi connectivity index (χ0v) is 18.4. The minimum Gasteiger partial charge on any atom is -0.354 e. The molecule has 2 rings (SSSR count). The second-order valence-electron chi connectivity index (χ2n) is 7.27. The van der Waals surface area contributed by atoms with Crippen molar-refractivity contribution in [3.8, 4) is 0 Å². The Bertz CT molecular complexity index is 809. The van der Waals surface area contributed by atoms with E-state index in [4.69, 9.17) is 11.6 Å². The molecule has 0 saturated heterocycles. The van der Waals surface area contributed by atoms with Gasteiger partial charge in [-0.05, 0) is 37.0 Å². The van der Waals surface area contributed by atoms with Gasteiger partial charge in [0.1, 0.15) is 11.9 Å². The number of rotatable bonds is 11. The Kier molecular flexibility index (Phi) is 9.81. The van der Waals surface area contributed by atoms with Crippen LogP contribution in [0, 0.1) is 5.82 Å². The lowest BCUT2D eigenvalue weighted by Crippen LogP contribution is -2.50. The third kappa shape index (κ3) is 6.84. The molecule has 0 unspecified atom stereocenters. The number of carbonyl (C=O) groups excluding carboxylic acids is 2. The first-order valence-corrected chi connectivity index (χ1v) is 10.9. The van der Waals surface area contributed by atoms with E-state index in [1.807, 2.05) is 37.3 Å². The van der Waals surface area contributed by atoms with Gasteiger partial charge in [0.05, 0.1) is 6.42 Å². The van der Waals surface area contributed by atoms with Crippen LogP contribution in [0.1, 0.15) is 44.2 Å². The SMILES string of the molecule is CCCCNC(=O)[C@H](CC)N(CCc1ccccc1)C(=O)Cc1c(F)cccc1Cl. The van der Waals surface area contributed by atoms with Gasteiger partial charge in [0, 0.05) is 23.7 Å². The maximum atomic E-state index is 14.2. The number of hydrogen-bond donors (Lipinski definition) is 1. The molecule has 0 spiro atoms. The van der Waals surface area contributed by atoms with E-state index >= 15 is 0 Å². The predicted molar refractivity (Wildman–Crippen MR) is 119 cm³/mol. The van der Waals surface area contributed by atoms with Crippen molar-refractivity contribution < 1.29 is 14.0 Å². The second kappa shape index (κ2) is 12.3. The van der Waals surface area contributed by atoms with Crippen LogP contribution in [0.4, 0.5) is 4.39 Å². The molecule has 0 aromatic heterocycles. The van der Waals surface area contributed by atoms with Crippen LogP contribution in [0.3, 0.4) is 0 Å². The molecule has 6 heteroatoms. The Hall–Kier alpha value is -2.40. The highest BCUT2D eigenvalue weighted by atomic mass is 35.5. The largest absolute Gasteiger partial charge is 0.354 e. The number of hydrogen-bond acceptors (Lipinski definition) is 2. The van der Waals surface area contributed by atoms with Gasteiger partial charge < -0.3 is 10.2 Å². The smallest absolute Gasteiger partial charge is 0.242 e. The van der Waals surface area contributed by atoms with Gasteiger partial charge in [0.15, 0.2) is 0 Å². The van der Waals surface area contributed by atoms with Crippen molar-refractivity contribution in [2.75, 3.05) is 13.1 Å². The zero-order valence-electron chi connectivity index (χ0n) is 17.7. The van der Waals surface area contributed by atoms with Crippen molar-refractivity contribution in [2.24, 2.45) is 0 Å². The molecule has 0 aliphatic rings. The van der Waals surface area contributed by atoms with Crippen molar-refractivity contribution in [3.05, 3.63) is 70.5 Å². The lowest BCUT2D eigenvalue weighted by atomic mass is 10.1. The Labute approximate surface area is 183 Å². The van der Waals surface area contributed by atoms with Crippen LogP contribution >= 0.6 is 11.6 Å². The summed E-state index contributed by atoms with van der Waals surface area (Å²) in [5.74, 6) is -0.998. The molecule has 0 radical (unpaired) electrons. The first-order chi connectivity index (χ1) is 14.5. The van der Waals surface area contributed by atoms with Gasteiger partial charge in [-0.25, -0.2) is 4.39 Å². The van der Waals surface area contributed by atoms with E-state index in [-0.39, 0.29) is 28.8 Å². The second-order valence-corrected chi connectivity index (χ2v) is 7.68. The van der Waals surface area contributed by atoms with E-state index in [9.17, 15) is 14.0 Å². The maximum absolute atomic E-state index is 14.2. The number of carbonyl (C=O) groups is 2. The molecular weight excluding hydrogens is 403 g/mol. The molecule has 2 amide bonds. The Morgan fingerprint density at radius 2 is 1.83 bits per heavy atom. The van der Waals surface area contributed by atoms with Crippen molar-refractivity contribution in [3.63, 3.8) is 0 Å². The number of halogens is 2. The van der Waals surface area contributed by atoms with Gasteiger partial charge in [0.2, 0.25) is 11.8 Å². The van der Waals surface area contributed by atoms with Crippen molar-refractivity contribution in [1.29, 1.82) is 0 Å². The van der Waals surface area contributed by atoms with Crippen LogP contribution in [-0.4, -0.2) is 35.8 Å². The van der Waals surface area contributed by atoms with Crippen LogP contribution in [-0.2, 0) is 22.4 Å². The van der Waals surface area contributed by atoms with Crippen molar-refractivity contribution in [1.82, 2.24) is 10.2 Å². The van der Waals surface area contributed by atoms with Crippen LogP contribution in [0.2, 0.25) is 5.02 Å². The monoisotopic (exact) mass is 432 g/mol. The summed E-state index contributed by atoms with van der Waals surface area (Å²) < 4.78 is 14.2. The van der Waals surface area contributed by atoms with Gasteiger partial charge in [-0.3, -0.25) is 9.59 Å². The quantitative estimate of drug-likeness (QED) is 0.519. The van der Waals surface area contributed by atoms with Crippen LogP contribution in [0.25, 0.3) is 0 Å². The number of benzene rings is 2. The van der Waals surface area contributed by atoms with E-state index < -0.39 is 11.9 Å². The molecule has 0 heterocycles. The highest BCUT2D eigenvalue weighted by Gasteiger charge is 2.29. The molecule has 0 saturated carbocycles. The Morgan fingerprint density at radius 1 is 1.10 bits per heavy atom. The number of amides is 2. The average molecular weight is 433 g/mol. The van der Waals surface area contributed by atoms with Gasteiger partial charge in [-0.1, -0.05) is 68.3 Å². The third-order valence-electron chi connectivity index (χ3n) is 5.09. The molecule has 1 atom stereocenters. The summed E-state index contributed by atoms with van der Waals surface area (Å²) in [5, 5.41) is 3.14. The van der Waals surface area contributed by atoms with E-state index in [1.165, 1.54) is 12.1 Å². The molecule has 0 aliphatic carbocycles. The molecule has 0 aliphatic heterocycles. The Balaban J connectivity index is 2.21. The summed E-state index contributed by atoms with van der Waals surface area (Å²) in [4.78, 5) is 27.5. The molecule has 30 heavy (non-hydrogen) atoms. The van der Waals surface area contributed by atoms with Gasteiger partial charge in [-0.15, -0.1) is 0 Å². The maximum Gasteiger partial charge on any atom is 0.242 e. The molecule has 1 N–H and O–H groups in total. The number of nitrogens with zero attached hydrogens (tertiary/aromatic N) is 1. The van der Waals surface area contributed by atoms with E-state index in [0.717, 1.165) is 18.4 Å². The molecule has 4 nitrogen and oxygen atoms in total. The van der Waals surface area contributed by atoms with Gasteiger partial charge in [-0.2, -0.15) is 0 Å². The molecule has 162 valence electrons. The molecule has 2 aromatic carbocycles. The zero-order chi connectivity index (χ0) is 21.9. The van der Waals surface area contributed by atoms with E-state index in [1.54, 1.807) is 11.0 Å². The minimum absolute atomic E-state index is 0.162. The standard InChI is InChI=1S/C24H30ClFN2O2/c1-3-5-15-27-24(30)22(4-2)28(16-14-18-10-7-6-8-11-18)23(29)17-19-20(25)12-9-13-21(19)26/h6-13,22H,3-5,14-17H2,1-2H3,(H,27,30)/t22-/m0/s1. The fourth-order valence-electron chi connectivity index (χ4n) is 3.36. The highest BCUT2D eigenvalue weighted by Crippen LogP contribution is 2.21. The molecule has 0 bridgehead atoms. The highest BCUT2D eigenvalue weighted by molar-refractivity contribution is 6.31. The lowest BCUT2D eigenvalue weighted by molar-refractivity contribution is -0.140. The lowest BCUT2D eigenvalue weighted by Gasteiger charge is -2.31. The van der Waals surface area contributed by atoms with Crippen LogP contribution in [0.15, 0.2) is 48.5 Å². The van der Waals surface area contributed by atoms with Crippen LogP contribution < -0.4 is 5.32 Å². The fourth-order valence-corrected chi connectivity index (χ4v) is 3.59. The summed E-state index contributed by atoms with van der Waals surface area (Å²) in [5.41, 5.74) is 1.23. The molecule has 0 fully saturated rings. The first kappa shape index (κ1) is 23.9. The molecule has 2 aromatic rings. The van der Waals surface area contributed by atoms with Gasteiger partial charge in [0.25, 0.3) is 0 Å². The first-order valence-electron chi connectivity index (χ1n) is 10.5. The third-order valence-corrected chi connectivity index (χ3v) is 5.44. The summed E-state index contributed by atoms with van der Waals surface area (Å²) in [7, 11) is 0. The summed E-state index contributed by atoms with van der Waals surface area (Å²) in [6, 6.07) is 13.5. The summed E-state index contributed by atoms with van der Waals surface area (Å²) >= 11 is 6.12. The predicted octanol–water partition coefficient (Wildman–Crippen LogP) is 4.79. The fraction of sp³-hybridized carbons (Fsp3) is 0.417. The summed E-state index contributed by atoms with van der Waals surface area (Å²) in [6.07, 6.45) is 2.75. The average Bonchev–Trinajstić information content (AvgIpc) is 2.74. The van der Waals surface area contributed by atoms with Crippen molar-refractivity contribution in [2.45, 2.75) is 52.0 Å². The minimum atomic E-state index is -0.608. The summed E-state index contributed by atoms with van der Waals surface area (Å²) in [6.45, 7) is 4.88. The number of nitrogens with one attached hydrogen (secondary N) is 1. The normalized spacial score (nSPS) is 11.7. The topological polar surface area (TPSA) is 49.4 Å². The van der Waals surface area contributed by atoms with E-state index in [2.05, 4.69) is 12.2 Å². The number of unbranched alkanes of at least 4 members (excludes halogenated alkanes) is 1. The Morgan fingerprint density at radius 3 is 2.47 bits per heavy atom. The van der Waals surface area contributed by atoms with Crippen molar-refractivity contribution >= 4 is 23.4 Å². The van der Waals surface area contributed by atoms with Crippen LogP contribution in [0.5, 0.6) is 0 Å².